The van der Waals surface area contributed by atoms with Crippen LogP contribution in [0.4, 0.5) is 0 Å². The predicted molar refractivity (Wildman–Crippen MR) is 49.0 cm³/mol. The molecule has 0 spiro atoms. The molecule has 0 saturated heterocycles. The van der Waals surface area contributed by atoms with Crippen molar-refractivity contribution < 1.29 is 14.3 Å². The third-order valence-corrected chi connectivity index (χ3v) is 2.51. The Kier molecular flexibility index (Phi) is 3.02. The van der Waals surface area contributed by atoms with Gasteiger partial charge in [-0.2, -0.15) is 0 Å². The van der Waals surface area contributed by atoms with Crippen LogP contribution in [-0.2, 0) is 4.74 Å². The third-order valence-electron chi connectivity index (χ3n) is 1.44. The summed E-state index contributed by atoms with van der Waals surface area (Å²) in [6, 6.07) is 3.16. The van der Waals surface area contributed by atoms with Crippen LogP contribution in [0.2, 0.25) is 0 Å². The van der Waals surface area contributed by atoms with Crippen LogP contribution in [0.3, 0.4) is 0 Å². The largest absolute Gasteiger partial charge is 0.465 e. The highest BCUT2D eigenvalue weighted by Gasteiger charge is 2.12. The molecule has 0 unspecified atom stereocenters. The fraction of sp³-hybridized carbons (Fsp3) is 0.250. The molecule has 0 aliphatic heterocycles. The maximum atomic E-state index is 11.1. The van der Waals surface area contributed by atoms with Crippen molar-refractivity contribution in [1.82, 2.24) is 5.32 Å². The van der Waals surface area contributed by atoms with E-state index in [0.717, 1.165) is 11.3 Å². The van der Waals surface area contributed by atoms with E-state index in [4.69, 9.17) is 0 Å². The topological polar surface area (TPSA) is 55.4 Å². The van der Waals surface area contributed by atoms with Gasteiger partial charge in [-0.15, -0.1) is 11.3 Å². The molecule has 0 aliphatic rings. The SMILES string of the molecule is CNC(=O)c1ccc(C(=O)OC)s1. The van der Waals surface area contributed by atoms with Crippen molar-refractivity contribution in [2.24, 2.45) is 0 Å². The molecule has 13 heavy (non-hydrogen) atoms. The quantitative estimate of drug-likeness (QED) is 0.720. The molecule has 4 nitrogen and oxygen atoms in total. The van der Waals surface area contributed by atoms with E-state index < -0.39 is 5.97 Å². The van der Waals surface area contributed by atoms with E-state index in [-0.39, 0.29) is 5.91 Å². The summed E-state index contributed by atoms with van der Waals surface area (Å²) in [5.74, 6) is -0.611. The fourth-order valence-corrected chi connectivity index (χ4v) is 1.66. The Morgan fingerprint density at radius 1 is 1.38 bits per heavy atom. The number of thiophene rings is 1. The molecule has 5 heteroatoms. The molecular weight excluding hydrogens is 190 g/mol. The molecule has 0 fully saturated rings. The van der Waals surface area contributed by atoms with E-state index in [1.54, 1.807) is 19.2 Å². The number of carbonyl (C=O) groups excluding carboxylic acids is 2. The summed E-state index contributed by atoms with van der Waals surface area (Å²) in [4.78, 5) is 23.0. The van der Waals surface area contributed by atoms with Gasteiger partial charge in [0.2, 0.25) is 0 Å². The molecule has 1 amide bonds. The van der Waals surface area contributed by atoms with Crippen molar-refractivity contribution >= 4 is 23.2 Å². The van der Waals surface area contributed by atoms with Crippen molar-refractivity contribution in [3.63, 3.8) is 0 Å². The van der Waals surface area contributed by atoms with Crippen molar-refractivity contribution in [1.29, 1.82) is 0 Å². The van der Waals surface area contributed by atoms with Gasteiger partial charge in [0, 0.05) is 7.05 Å². The van der Waals surface area contributed by atoms with Gasteiger partial charge >= 0.3 is 5.97 Å². The summed E-state index contributed by atoms with van der Waals surface area (Å²) < 4.78 is 4.50. The van der Waals surface area contributed by atoms with Crippen LogP contribution in [0.15, 0.2) is 12.1 Å². The van der Waals surface area contributed by atoms with Gasteiger partial charge in [-0.1, -0.05) is 0 Å². The number of hydrogen-bond donors (Lipinski definition) is 1. The average Bonchev–Trinajstić information content (AvgIpc) is 2.64. The summed E-state index contributed by atoms with van der Waals surface area (Å²) in [5.41, 5.74) is 0. The Balaban J connectivity index is 2.86. The lowest BCUT2D eigenvalue weighted by Gasteiger charge is -1.93. The highest BCUT2D eigenvalue weighted by Crippen LogP contribution is 2.16. The van der Waals surface area contributed by atoms with Crippen LogP contribution in [-0.4, -0.2) is 26.0 Å². The zero-order valence-corrected chi connectivity index (χ0v) is 8.10. The first-order chi connectivity index (χ1) is 6.19. The van der Waals surface area contributed by atoms with Crippen molar-refractivity contribution in [3.8, 4) is 0 Å². The van der Waals surface area contributed by atoms with Gasteiger partial charge in [-0.25, -0.2) is 4.79 Å². The zero-order chi connectivity index (χ0) is 9.84. The number of amides is 1. The Bertz CT molecular complexity index is 301. The lowest BCUT2D eigenvalue weighted by Crippen LogP contribution is -2.16. The number of methoxy groups -OCH3 is 1. The second-order valence-electron chi connectivity index (χ2n) is 2.23. The summed E-state index contributed by atoms with van der Waals surface area (Å²) in [6.45, 7) is 0. The molecule has 0 saturated carbocycles. The molecular formula is C8H9NO3S. The Labute approximate surface area is 79.5 Å². The summed E-state index contributed by atoms with van der Waals surface area (Å²) in [7, 11) is 2.85. The van der Waals surface area contributed by atoms with Crippen molar-refractivity contribution in [2.75, 3.05) is 14.2 Å². The monoisotopic (exact) mass is 199 g/mol. The van der Waals surface area contributed by atoms with E-state index in [1.807, 2.05) is 0 Å². The molecule has 0 bridgehead atoms. The molecule has 1 aromatic rings. The number of rotatable bonds is 2. The van der Waals surface area contributed by atoms with Gasteiger partial charge in [0.1, 0.15) is 4.88 Å². The van der Waals surface area contributed by atoms with E-state index >= 15 is 0 Å². The van der Waals surface area contributed by atoms with Gasteiger partial charge in [0.25, 0.3) is 5.91 Å². The van der Waals surface area contributed by atoms with Crippen LogP contribution < -0.4 is 5.32 Å². The number of ether oxygens (including phenoxy) is 1. The van der Waals surface area contributed by atoms with Crippen molar-refractivity contribution in [2.45, 2.75) is 0 Å². The third kappa shape index (κ3) is 2.06. The predicted octanol–water partition coefficient (Wildman–Crippen LogP) is 0.894. The molecule has 0 atom stereocenters. The van der Waals surface area contributed by atoms with Crippen LogP contribution in [0.5, 0.6) is 0 Å². The van der Waals surface area contributed by atoms with Gasteiger partial charge in [-0.3, -0.25) is 4.79 Å². The first-order valence-electron chi connectivity index (χ1n) is 3.59. The minimum atomic E-state index is -0.417. The lowest BCUT2D eigenvalue weighted by atomic mass is 10.4. The van der Waals surface area contributed by atoms with Gasteiger partial charge in [0.15, 0.2) is 0 Å². The smallest absolute Gasteiger partial charge is 0.348 e. The second kappa shape index (κ2) is 4.04. The van der Waals surface area contributed by atoms with Crippen LogP contribution in [0, 0.1) is 0 Å². The maximum Gasteiger partial charge on any atom is 0.348 e. The minimum Gasteiger partial charge on any atom is -0.465 e. The molecule has 70 valence electrons. The molecule has 0 aliphatic carbocycles. The highest BCUT2D eigenvalue weighted by molar-refractivity contribution is 7.15. The Morgan fingerprint density at radius 2 is 2.00 bits per heavy atom. The molecule has 0 aromatic carbocycles. The van der Waals surface area contributed by atoms with Crippen LogP contribution in [0.1, 0.15) is 19.3 Å². The van der Waals surface area contributed by atoms with E-state index in [2.05, 4.69) is 10.1 Å². The average molecular weight is 199 g/mol. The van der Waals surface area contributed by atoms with Crippen LogP contribution in [0.25, 0.3) is 0 Å². The lowest BCUT2D eigenvalue weighted by molar-refractivity contribution is 0.0606. The number of esters is 1. The molecule has 1 N–H and O–H groups in total. The van der Waals surface area contributed by atoms with E-state index in [1.165, 1.54) is 7.11 Å². The maximum absolute atomic E-state index is 11.1. The summed E-state index contributed by atoms with van der Waals surface area (Å²) in [6.07, 6.45) is 0. The van der Waals surface area contributed by atoms with E-state index in [9.17, 15) is 9.59 Å². The Morgan fingerprint density at radius 3 is 2.54 bits per heavy atom. The number of carbonyl (C=O) groups is 2. The fourth-order valence-electron chi connectivity index (χ4n) is 0.793. The minimum absolute atomic E-state index is 0.194. The molecule has 1 aromatic heterocycles. The van der Waals surface area contributed by atoms with Gasteiger partial charge in [-0.05, 0) is 12.1 Å². The van der Waals surface area contributed by atoms with Crippen LogP contribution >= 0.6 is 11.3 Å². The van der Waals surface area contributed by atoms with Gasteiger partial charge in [0.05, 0.1) is 12.0 Å². The molecule has 1 heterocycles. The number of nitrogens with one attached hydrogen (secondary N) is 1. The van der Waals surface area contributed by atoms with E-state index in [0.29, 0.717) is 9.75 Å². The first-order valence-corrected chi connectivity index (χ1v) is 4.41. The second-order valence-corrected chi connectivity index (χ2v) is 3.32. The first kappa shape index (κ1) is 9.73. The molecule has 0 radical (unpaired) electrons. The Hall–Kier alpha value is -1.36. The zero-order valence-electron chi connectivity index (χ0n) is 7.29. The normalized spacial score (nSPS) is 9.38. The molecule has 1 rings (SSSR count). The highest BCUT2D eigenvalue weighted by atomic mass is 32.1. The van der Waals surface area contributed by atoms with Gasteiger partial charge < -0.3 is 10.1 Å². The summed E-state index contributed by atoms with van der Waals surface area (Å²) in [5, 5.41) is 2.47. The summed E-state index contributed by atoms with van der Waals surface area (Å²) >= 11 is 1.11. The standard InChI is InChI=1S/C8H9NO3S/c1-9-7(10)5-3-4-6(13-5)8(11)12-2/h3-4H,1-2H3,(H,9,10). The number of hydrogen-bond acceptors (Lipinski definition) is 4. The van der Waals surface area contributed by atoms with Crippen molar-refractivity contribution in [3.05, 3.63) is 21.9 Å².